The smallest absolute Gasteiger partial charge is 0.322 e. The number of carbonyl (C=O) groups excluding carboxylic acids is 4. The van der Waals surface area contributed by atoms with Crippen LogP contribution in [0.25, 0.3) is 0 Å². The predicted molar refractivity (Wildman–Crippen MR) is 169 cm³/mol. The standard InChI is InChI=1S/C34H37N5O7/c1-21-3-8-24(16-27(21)39-14-13-35-34(39)43)33(42)38-18-26-30(19-38)46-25-9-4-23(5-10-25)17-36-32(41)20-45-29-15-22(6-11-28(29)44-2)7-12-31(40)37-26/h3-6,8-11,15-16,26,30H,7,12-14,17-20H2,1-2H3,(H,35,43)(H,36,41)(H,37,40)/t26-,30-/m0/s1. The summed E-state index contributed by atoms with van der Waals surface area (Å²) >= 11 is 0. The molecule has 4 aliphatic rings. The summed E-state index contributed by atoms with van der Waals surface area (Å²) in [5, 5.41) is 8.76. The molecule has 0 radical (unpaired) electrons. The van der Waals surface area contributed by atoms with Crippen LogP contribution in [0.5, 0.6) is 17.2 Å². The van der Waals surface area contributed by atoms with E-state index in [1.165, 1.54) is 7.11 Å². The summed E-state index contributed by atoms with van der Waals surface area (Å²) in [4.78, 5) is 55.2. The summed E-state index contributed by atoms with van der Waals surface area (Å²) < 4.78 is 17.5. The van der Waals surface area contributed by atoms with Crippen LogP contribution in [-0.4, -0.2) is 80.7 Å². The van der Waals surface area contributed by atoms with Crippen molar-refractivity contribution in [2.24, 2.45) is 0 Å². The van der Waals surface area contributed by atoms with Gasteiger partial charge in [0.2, 0.25) is 5.91 Å². The number of ether oxygens (including phenoxy) is 3. The first-order chi connectivity index (χ1) is 22.3. The summed E-state index contributed by atoms with van der Waals surface area (Å²) in [6.07, 6.45) is 0.115. The molecule has 2 fully saturated rings. The van der Waals surface area contributed by atoms with Crippen molar-refractivity contribution in [2.75, 3.05) is 44.8 Å². The van der Waals surface area contributed by atoms with Gasteiger partial charge in [-0.2, -0.15) is 0 Å². The summed E-state index contributed by atoms with van der Waals surface area (Å²) in [7, 11) is 1.53. The summed E-state index contributed by atoms with van der Waals surface area (Å²) in [6, 6.07) is 17.4. The number of carbonyl (C=O) groups is 4. The van der Waals surface area contributed by atoms with Crippen molar-refractivity contribution >= 4 is 29.4 Å². The maximum Gasteiger partial charge on any atom is 0.322 e. The Morgan fingerprint density at radius 2 is 1.72 bits per heavy atom. The van der Waals surface area contributed by atoms with E-state index in [0.29, 0.717) is 54.6 Å². The molecule has 5 amide bonds. The van der Waals surface area contributed by atoms with Crippen LogP contribution in [0.2, 0.25) is 0 Å². The third-order valence-electron chi connectivity index (χ3n) is 8.43. The molecule has 0 spiro atoms. The number of benzene rings is 3. The van der Waals surface area contributed by atoms with Crippen molar-refractivity contribution in [1.29, 1.82) is 0 Å². The highest BCUT2D eigenvalue weighted by molar-refractivity contribution is 5.99. The van der Waals surface area contributed by atoms with Crippen LogP contribution in [0.15, 0.2) is 60.7 Å². The van der Waals surface area contributed by atoms with Crippen molar-refractivity contribution < 1.29 is 33.4 Å². The highest BCUT2D eigenvalue weighted by Crippen LogP contribution is 2.29. The van der Waals surface area contributed by atoms with Crippen molar-refractivity contribution in [3.63, 3.8) is 0 Å². The molecule has 7 rings (SSSR count). The second kappa shape index (κ2) is 13.4. The molecule has 3 aromatic rings. The number of fused-ring (bicyclic) bond motifs is 9. The van der Waals surface area contributed by atoms with Crippen LogP contribution in [0.4, 0.5) is 10.5 Å². The molecule has 0 unspecified atom stereocenters. The van der Waals surface area contributed by atoms with Crippen LogP contribution in [0.3, 0.4) is 0 Å². The number of urea groups is 1. The Labute approximate surface area is 267 Å². The zero-order valence-corrected chi connectivity index (χ0v) is 25.8. The summed E-state index contributed by atoms with van der Waals surface area (Å²) in [6.45, 7) is 3.62. The molecular formula is C34H37N5O7. The first-order valence-electron chi connectivity index (χ1n) is 15.3. The number of nitrogens with zero attached hydrogens (tertiary/aromatic N) is 2. The van der Waals surface area contributed by atoms with E-state index in [-0.39, 0.29) is 49.9 Å². The molecule has 0 aromatic heterocycles. The minimum Gasteiger partial charge on any atom is -0.493 e. The molecule has 12 nitrogen and oxygen atoms in total. The second-order valence-electron chi connectivity index (χ2n) is 11.6. The zero-order valence-electron chi connectivity index (χ0n) is 25.8. The molecule has 4 bridgehead atoms. The third-order valence-corrected chi connectivity index (χ3v) is 8.43. The molecule has 240 valence electrons. The molecule has 2 saturated heterocycles. The van der Waals surface area contributed by atoms with Crippen LogP contribution < -0.4 is 35.1 Å². The van der Waals surface area contributed by atoms with Crippen molar-refractivity contribution in [3.05, 3.63) is 82.9 Å². The van der Waals surface area contributed by atoms with Crippen LogP contribution in [-0.2, 0) is 22.6 Å². The van der Waals surface area contributed by atoms with Gasteiger partial charge in [-0.05, 0) is 66.4 Å². The van der Waals surface area contributed by atoms with Gasteiger partial charge in [0.05, 0.1) is 19.7 Å². The molecule has 2 atom stereocenters. The van der Waals surface area contributed by atoms with E-state index < -0.39 is 12.1 Å². The fourth-order valence-electron chi connectivity index (χ4n) is 5.90. The number of amides is 5. The fourth-order valence-corrected chi connectivity index (χ4v) is 5.90. The largest absolute Gasteiger partial charge is 0.493 e. The molecule has 46 heavy (non-hydrogen) atoms. The molecule has 3 N–H and O–H groups in total. The fraction of sp³-hybridized carbons (Fsp3) is 0.353. The Morgan fingerprint density at radius 1 is 0.913 bits per heavy atom. The molecular weight excluding hydrogens is 590 g/mol. The number of methoxy groups -OCH3 is 1. The molecule has 3 aromatic carbocycles. The van der Waals surface area contributed by atoms with E-state index in [2.05, 4.69) is 16.0 Å². The van der Waals surface area contributed by atoms with Gasteiger partial charge in [-0.15, -0.1) is 0 Å². The van der Waals surface area contributed by atoms with Gasteiger partial charge in [-0.25, -0.2) is 4.79 Å². The number of anilines is 1. The van der Waals surface area contributed by atoms with Crippen LogP contribution in [0.1, 0.15) is 33.5 Å². The van der Waals surface area contributed by atoms with E-state index in [0.717, 1.165) is 16.7 Å². The van der Waals surface area contributed by atoms with Gasteiger partial charge in [0, 0.05) is 43.9 Å². The van der Waals surface area contributed by atoms with Crippen molar-refractivity contribution in [1.82, 2.24) is 20.9 Å². The van der Waals surface area contributed by atoms with E-state index >= 15 is 0 Å². The average molecular weight is 628 g/mol. The lowest BCUT2D eigenvalue weighted by molar-refractivity contribution is -0.123. The number of aryl methyl sites for hydroxylation is 2. The monoisotopic (exact) mass is 627 g/mol. The minimum absolute atomic E-state index is 0.183. The SMILES string of the molecule is COc1ccc2cc1OCC(=O)NCc1ccc(cc1)O[C@H]1CN(C(=O)c3ccc(C)c(N4CCNC4=O)c3)C[C@@H]1NC(=O)CC2. The van der Waals surface area contributed by atoms with Crippen LogP contribution >= 0.6 is 0 Å². The molecule has 4 heterocycles. The van der Waals surface area contributed by atoms with E-state index in [9.17, 15) is 19.2 Å². The summed E-state index contributed by atoms with van der Waals surface area (Å²) in [5.41, 5.74) is 3.76. The number of nitrogens with one attached hydrogen (secondary N) is 3. The third kappa shape index (κ3) is 6.85. The Balaban J connectivity index is 1.23. The quantitative estimate of drug-likeness (QED) is 0.406. The molecule has 0 aliphatic carbocycles. The minimum atomic E-state index is -0.504. The molecule has 4 aliphatic heterocycles. The Kier molecular flexibility index (Phi) is 8.95. The Morgan fingerprint density at radius 3 is 2.48 bits per heavy atom. The topological polar surface area (TPSA) is 139 Å². The molecule has 12 heteroatoms. The van der Waals surface area contributed by atoms with Gasteiger partial charge in [0.25, 0.3) is 11.8 Å². The normalized spacial score (nSPS) is 20.3. The van der Waals surface area contributed by atoms with E-state index in [4.69, 9.17) is 14.2 Å². The molecule has 0 saturated carbocycles. The first kappa shape index (κ1) is 30.8. The number of hydrogen-bond donors (Lipinski definition) is 3. The maximum absolute atomic E-state index is 13.8. The summed E-state index contributed by atoms with van der Waals surface area (Å²) in [5.74, 6) is 0.807. The Bertz CT molecular complexity index is 1640. The number of rotatable bonds is 3. The Hall–Kier alpha value is -5.26. The predicted octanol–water partition coefficient (Wildman–Crippen LogP) is 2.56. The van der Waals surface area contributed by atoms with E-state index in [1.807, 2.05) is 31.2 Å². The van der Waals surface area contributed by atoms with Gasteiger partial charge < -0.3 is 35.1 Å². The number of likely N-dealkylation sites (tertiary alicyclic amines) is 1. The van der Waals surface area contributed by atoms with Crippen molar-refractivity contribution in [2.45, 2.75) is 38.5 Å². The average Bonchev–Trinajstić information content (AvgIpc) is 3.67. The lowest BCUT2D eigenvalue weighted by atomic mass is 10.1. The first-order valence-corrected chi connectivity index (χ1v) is 15.3. The highest BCUT2D eigenvalue weighted by Gasteiger charge is 2.38. The van der Waals surface area contributed by atoms with E-state index in [1.54, 1.807) is 46.2 Å². The highest BCUT2D eigenvalue weighted by atomic mass is 16.5. The van der Waals surface area contributed by atoms with Gasteiger partial charge in [-0.3, -0.25) is 19.3 Å². The van der Waals surface area contributed by atoms with Gasteiger partial charge >= 0.3 is 6.03 Å². The van der Waals surface area contributed by atoms with Crippen molar-refractivity contribution in [3.8, 4) is 17.2 Å². The lowest BCUT2D eigenvalue weighted by Gasteiger charge is -2.21. The maximum atomic E-state index is 13.8. The van der Waals surface area contributed by atoms with Gasteiger partial charge in [0.1, 0.15) is 11.9 Å². The zero-order chi connectivity index (χ0) is 32.2. The van der Waals surface area contributed by atoms with Gasteiger partial charge in [-0.1, -0.05) is 24.3 Å². The number of hydrogen-bond acceptors (Lipinski definition) is 7. The lowest BCUT2D eigenvalue weighted by Crippen LogP contribution is -2.45. The second-order valence-corrected chi connectivity index (χ2v) is 11.6. The van der Waals surface area contributed by atoms with Gasteiger partial charge in [0.15, 0.2) is 18.1 Å². The van der Waals surface area contributed by atoms with Crippen LogP contribution in [0, 0.1) is 6.92 Å².